The van der Waals surface area contributed by atoms with Crippen molar-refractivity contribution in [2.75, 3.05) is 38.8 Å². The molecule has 8 nitrogen and oxygen atoms in total. The quantitative estimate of drug-likeness (QED) is 0.412. The van der Waals surface area contributed by atoms with Crippen LogP contribution in [0.2, 0.25) is 0 Å². The second kappa shape index (κ2) is 9.63. The van der Waals surface area contributed by atoms with Crippen molar-refractivity contribution in [1.82, 2.24) is 4.90 Å². The predicted molar refractivity (Wildman–Crippen MR) is 137 cm³/mol. The van der Waals surface area contributed by atoms with Crippen molar-refractivity contribution in [1.29, 1.82) is 0 Å². The number of fused-ring (bicyclic) bond motifs is 3. The van der Waals surface area contributed by atoms with Gasteiger partial charge in [-0.1, -0.05) is 36.4 Å². The fraction of sp³-hybridized carbons (Fsp3) is 0.241. The molecule has 1 N–H and O–H groups in total. The molecule has 2 aliphatic heterocycles. The van der Waals surface area contributed by atoms with E-state index < -0.39 is 12.0 Å². The lowest BCUT2D eigenvalue weighted by Crippen LogP contribution is -2.47. The molecule has 4 aromatic rings. The average molecular weight is 499 g/mol. The standard InChI is InChI=1S/C29H26N2O6/c1-34-13-12-31-27(22-17-37-23-9-5-4-6-19(22)23)26(20-7-2-3-8-21(20)29(31)33)28(32)30-18-10-11-24-25(16-18)36-15-14-35-24/h2-11,16-17,26-27H,12-15H2,1H3,(H,30,32). The molecule has 2 aliphatic rings. The third kappa shape index (κ3) is 4.09. The molecule has 37 heavy (non-hydrogen) atoms. The third-order valence-corrected chi connectivity index (χ3v) is 6.90. The van der Waals surface area contributed by atoms with Crippen LogP contribution in [-0.2, 0) is 9.53 Å². The van der Waals surface area contributed by atoms with Crippen LogP contribution in [0.4, 0.5) is 5.69 Å². The lowest BCUT2D eigenvalue weighted by Gasteiger charge is -2.41. The first-order valence-corrected chi connectivity index (χ1v) is 12.2. The lowest BCUT2D eigenvalue weighted by molar-refractivity contribution is -0.119. The highest BCUT2D eigenvalue weighted by Gasteiger charge is 2.45. The number of ether oxygens (including phenoxy) is 3. The van der Waals surface area contributed by atoms with Crippen LogP contribution in [0.3, 0.4) is 0 Å². The minimum Gasteiger partial charge on any atom is -0.486 e. The van der Waals surface area contributed by atoms with Gasteiger partial charge in [0.25, 0.3) is 5.91 Å². The van der Waals surface area contributed by atoms with Crippen molar-refractivity contribution in [3.05, 3.63) is 89.7 Å². The topological polar surface area (TPSA) is 90.2 Å². The summed E-state index contributed by atoms with van der Waals surface area (Å²) in [6.07, 6.45) is 1.65. The maximum absolute atomic E-state index is 14.1. The molecule has 3 aromatic carbocycles. The Labute approximate surface area is 213 Å². The molecule has 2 amide bonds. The first-order chi connectivity index (χ1) is 18.2. The van der Waals surface area contributed by atoms with Gasteiger partial charge in [0.15, 0.2) is 11.5 Å². The van der Waals surface area contributed by atoms with Crippen LogP contribution in [-0.4, -0.2) is 50.2 Å². The Balaban J connectivity index is 1.46. The van der Waals surface area contributed by atoms with Crippen molar-refractivity contribution in [3.8, 4) is 11.5 Å². The van der Waals surface area contributed by atoms with Gasteiger partial charge in [-0.25, -0.2) is 0 Å². The first kappa shape index (κ1) is 23.1. The third-order valence-electron chi connectivity index (χ3n) is 6.90. The number of rotatable bonds is 6. The van der Waals surface area contributed by atoms with Gasteiger partial charge in [-0.2, -0.15) is 0 Å². The monoisotopic (exact) mass is 498 g/mol. The molecule has 6 rings (SSSR count). The van der Waals surface area contributed by atoms with E-state index in [1.54, 1.807) is 42.5 Å². The number of para-hydroxylation sites is 1. The van der Waals surface area contributed by atoms with Gasteiger partial charge in [0, 0.05) is 41.9 Å². The van der Waals surface area contributed by atoms with Crippen molar-refractivity contribution < 1.29 is 28.2 Å². The number of nitrogens with zero attached hydrogens (tertiary/aromatic N) is 1. The molecule has 1 aromatic heterocycles. The van der Waals surface area contributed by atoms with Crippen LogP contribution in [0.15, 0.2) is 77.4 Å². The smallest absolute Gasteiger partial charge is 0.254 e. The second-order valence-corrected chi connectivity index (χ2v) is 9.04. The zero-order valence-electron chi connectivity index (χ0n) is 20.3. The van der Waals surface area contributed by atoms with Crippen molar-refractivity contribution in [2.45, 2.75) is 12.0 Å². The van der Waals surface area contributed by atoms with E-state index in [0.717, 1.165) is 10.9 Å². The van der Waals surface area contributed by atoms with E-state index >= 15 is 0 Å². The van der Waals surface area contributed by atoms with Crippen LogP contribution < -0.4 is 14.8 Å². The van der Waals surface area contributed by atoms with E-state index in [0.29, 0.717) is 60.3 Å². The van der Waals surface area contributed by atoms with Gasteiger partial charge in [0.1, 0.15) is 18.8 Å². The summed E-state index contributed by atoms with van der Waals surface area (Å²) in [6, 6.07) is 19.7. The molecule has 0 fully saturated rings. The van der Waals surface area contributed by atoms with Crippen molar-refractivity contribution in [3.63, 3.8) is 0 Å². The van der Waals surface area contributed by atoms with Crippen LogP contribution in [0.5, 0.6) is 11.5 Å². The molecule has 0 saturated carbocycles. The number of hydrogen-bond acceptors (Lipinski definition) is 6. The number of nitrogens with one attached hydrogen (secondary N) is 1. The highest BCUT2D eigenvalue weighted by molar-refractivity contribution is 6.05. The molecular weight excluding hydrogens is 472 g/mol. The molecule has 0 saturated heterocycles. The molecule has 0 radical (unpaired) electrons. The van der Waals surface area contributed by atoms with Gasteiger partial charge in [0.2, 0.25) is 5.91 Å². The van der Waals surface area contributed by atoms with Crippen LogP contribution in [0.1, 0.15) is 33.4 Å². The van der Waals surface area contributed by atoms with Crippen LogP contribution in [0, 0.1) is 0 Å². The summed E-state index contributed by atoms with van der Waals surface area (Å²) < 4.78 is 22.5. The van der Waals surface area contributed by atoms with Gasteiger partial charge < -0.3 is 28.8 Å². The van der Waals surface area contributed by atoms with Crippen LogP contribution in [0.25, 0.3) is 11.0 Å². The number of carbonyl (C=O) groups is 2. The highest BCUT2D eigenvalue weighted by atomic mass is 16.6. The highest BCUT2D eigenvalue weighted by Crippen LogP contribution is 2.46. The predicted octanol–water partition coefficient (Wildman–Crippen LogP) is 4.77. The number of amides is 2. The molecule has 0 spiro atoms. The van der Waals surface area contributed by atoms with Gasteiger partial charge in [0.05, 0.1) is 24.8 Å². The van der Waals surface area contributed by atoms with E-state index in [9.17, 15) is 9.59 Å². The Bertz CT molecular complexity index is 1480. The number of benzene rings is 3. The minimum atomic E-state index is -0.694. The van der Waals surface area contributed by atoms with Crippen molar-refractivity contribution in [2.24, 2.45) is 0 Å². The molecule has 188 valence electrons. The SMILES string of the molecule is COCCN1C(=O)c2ccccc2C(C(=O)Nc2ccc3c(c2)OCCO3)C1c1coc2ccccc12. The first-order valence-electron chi connectivity index (χ1n) is 12.2. The van der Waals surface area contributed by atoms with E-state index in [4.69, 9.17) is 18.6 Å². The second-order valence-electron chi connectivity index (χ2n) is 9.04. The summed E-state index contributed by atoms with van der Waals surface area (Å²) in [5.74, 6) is 0.148. The number of carbonyl (C=O) groups excluding carboxylic acids is 2. The maximum Gasteiger partial charge on any atom is 0.254 e. The fourth-order valence-corrected chi connectivity index (χ4v) is 5.22. The van der Waals surface area contributed by atoms with Gasteiger partial charge >= 0.3 is 0 Å². The maximum atomic E-state index is 14.1. The molecule has 3 heterocycles. The summed E-state index contributed by atoms with van der Waals surface area (Å²) in [6.45, 7) is 1.59. The largest absolute Gasteiger partial charge is 0.486 e. The molecule has 8 heteroatoms. The zero-order valence-corrected chi connectivity index (χ0v) is 20.3. The Morgan fingerprint density at radius 3 is 2.65 bits per heavy atom. The van der Waals surface area contributed by atoms with Gasteiger partial charge in [-0.3, -0.25) is 9.59 Å². The minimum absolute atomic E-state index is 0.147. The Morgan fingerprint density at radius 2 is 1.78 bits per heavy atom. The number of anilines is 1. The average Bonchev–Trinajstić information content (AvgIpc) is 3.36. The van der Waals surface area contributed by atoms with Crippen LogP contribution >= 0.6 is 0 Å². The van der Waals surface area contributed by atoms with E-state index in [1.807, 2.05) is 42.5 Å². The molecular formula is C29H26N2O6. The summed E-state index contributed by atoms with van der Waals surface area (Å²) in [7, 11) is 1.59. The summed E-state index contributed by atoms with van der Waals surface area (Å²) in [5, 5.41) is 3.92. The molecule has 2 atom stereocenters. The van der Waals surface area contributed by atoms with Crippen molar-refractivity contribution >= 4 is 28.5 Å². The molecule has 0 bridgehead atoms. The van der Waals surface area contributed by atoms with E-state index in [-0.39, 0.29) is 11.8 Å². The summed E-state index contributed by atoms with van der Waals surface area (Å²) >= 11 is 0. The van der Waals surface area contributed by atoms with Gasteiger partial charge in [-0.05, 0) is 29.8 Å². The molecule has 2 unspecified atom stereocenters. The summed E-state index contributed by atoms with van der Waals surface area (Å²) in [4.78, 5) is 29.5. The van der Waals surface area contributed by atoms with E-state index in [2.05, 4.69) is 5.32 Å². The number of methoxy groups -OCH3 is 1. The Kier molecular flexibility index (Phi) is 6.02. The number of hydrogen-bond donors (Lipinski definition) is 1. The number of furan rings is 1. The zero-order chi connectivity index (χ0) is 25.4. The summed E-state index contributed by atoms with van der Waals surface area (Å²) in [5.41, 5.74) is 3.23. The normalized spacial score (nSPS) is 18.5. The Morgan fingerprint density at radius 1 is 1.00 bits per heavy atom. The molecule has 0 aliphatic carbocycles. The van der Waals surface area contributed by atoms with E-state index in [1.165, 1.54) is 0 Å². The Hall–Kier alpha value is -4.30. The fourth-order valence-electron chi connectivity index (χ4n) is 5.22. The van der Waals surface area contributed by atoms with Gasteiger partial charge in [-0.15, -0.1) is 0 Å². The lowest BCUT2D eigenvalue weighted by atomic mass is 9.79.